The van der Waals surface area contributed by atoms with Crippen LogP contribution in [0.4, 0.5) is 13.6 Å². The van der Waals surface area contributed by atoms with E-state index in [0.717, 1.165) is 25.8 Å². The first-order chi connectivity index (χ1) is 21.6. The molecule has 6 aliphatic rings. The molecular weight excluding hydrogens is 580 g/mol. The number of rotatable bonds is 3. The molecule has 5 heterocycles. The molecule has 6 fully saturated rings. The van der Waals surface area contributed by atoms with Crippen LogP contribution in [0, 0.1) is 29.6 Å². The second-order valence-electron chi connectivity index (χ2n) is 14.8. The topological polar surface area (TPSA) is 109 Å². The van der Waals surface area contributed by atoms with E-state index in [1.165, 1.54) is 6.08 Å². The molecule has 10 nitrogen and oxygen atoms in total. The Balaban J connectivity index is 1.39. The van der Waals surface area contributed by atoms with Crippen molar-refractivity contribution in [2.45, 2.75) is 115 Å². The lowest BCUT2D eigenvalue weighted by Crippen LogP contribution is -2.80. The van der Waals surface area contributed by atoms with Crippen molar-refractivity contribution in [3.8, 4) is 0 Å². The maximum absolute atomic E-state index is 16.6. The molecule has 12 atom stereocenters. The summed E-state index contributed by atoms with van der Waals surface area (Å²) in [5.74, 6) is -1.56. The standard InChI is InChI=1S/C33H53F2N7O3/c1-5-25(43)40-14-15-41(19(4)17-40)30-22-16-24(35)28-26-21(9-6-10-23(26)34)32(44)37-12-7-8-20-11-13-36-27(18(2)3)29(20)42(31(22)38-28)33(45)39-30/h5,18-24,26-31,36,38H,1,6-17H2,2-4H3,(H,37,44)(H,39,45)/t19-,20?,21?,22?,23?,24?,26?,27?,28?,29?,30?,31?/m0/s1. The average molecular weight is 634 g/mol. The molecule has 0 aromatic carbocycles. The van der Waals surface area contributed by atoms with E-state index in [9.17, 15) is 14.4 Å². The van der Waals surface area contributed by atoms with E-state index in [-0.39, 0.29) is 60.1 Å². The first kappa shape index (κ1) is 32.6. The Labute approximate surface area is 266 Å². The highest BCUT2D eigenvalue weighted by Crippen LogP contribution is 2.44. The molecule has 0 aromatic rings. The summed E-state index contributed by atoms with van der Waals surface area (Å²) in [6.45, 7) is 12.9. The number of hydrogen-bond acceptors (Lipinski definition) is 6. The lowest BCUT2D eigenvalue weighted by molar-refractivity contribution is -0.135. The normalized spacial score (nSPS) is 43.1. The van der Waals surface area contributed by atoms with Crippen molar-refractivity contribution in [3.63, 3.8) is 0 Å². The second-order valence-corrected chi connectivity index (χ2v) is 14.8. The van der Waals surface area contributed by atoms with Crippen LogP contribution in [0.25, 0.3) is 0 Å². The molecule has 4 amide bonds. The molecule has 0 spiro atoms. The van der Waals surface area contributed by atoms with Gasteiger partial charge in [0, 0.05) is 62.1 Å². The number of alkyl halides is 2. The number of halogens is 2. The molecule has 12 heteroatoms. The number of hydrogen-bond donors (Lipinski definition) is 4. The van der Waals surface area contributed by atoms with Gasteiger partial charge in [-0.3, -0.25) is 19.8 Å². The molecule has 2 bridgehead atoms. The fourth-order valence-corrected chi connectivity index (χ4v) is 9.72. The highest BCUT2D eigenvalue weighted by molar-refractivity contribution is 5.87. The zero-order valence-corrected chi connectivity index (χ0v) is 27.1. The highest BCUT2D eigenvalue weighted by Gasteiger charge is 2.58. The number of carbonyl (C=O) groups excluding carboxylic acids is 3. The van der Waals surface area contributed by atoms with Crippen LogP contribution in [0.5, 0.6) is 0 Å². The van der Waals surface area contributed by atoms with Gasteiger partial charge in [0.05, 0.1) is 18.4 Å². The lowest BCUT2D eigenvalue weighted by Gasteiger charge is -2.60. The first-order valence-corrected chi connectivity index (χ1v) is 17.4. The van der Waals surface area contributed by atoms with Crippen molar-refractivity contribution in [2.75, 3.05) is 32.7 Å². The van der Waals surface area contributed by atoms with E-state index >= 15 is 8.78 Å². The third-order valence-electron chi connectivity index (χ3n) is 11.9. The van der Waals surface area contributed by atoms with Crippen LogP contribution in [-0.4, -0.2) is 114 Å². The number of piperazine rings is 1. The number of fused-ring (bicyclic) bond motifs is 5. The van der Waals surface area contributed by atoms with Crippen molar-refractivity contribution >= 4 is 17.8 Å². The fourth-order valence-electron chi connectivity index (χ4n) is 9.72. The molecule has 5 aliphatic heterocycles. The van der Waals surface area contributed by atoms with Crippen molar-refractivity contribution in [2.24, 2.45) is 29.6 Å². The van der Waals surface area contributed by atoms with Gasteiger partial charge in [-0.15, -0.1) is 0 Å². The van der Waals surface area contributed by atoms with E-state index in [1.54, 1.807) is 4.90 Å². The Morgan fingerprint density at radius 3 is 2.56 bits per heavy atom. The SMILES string of the molecule is C=CC(=O)N1CCN(C2NC(=O)N3C4NC(C(F)CC42)C2C(F)CCCC2C(=O)NCCCC2CCNC(C(C)C)C23)[C@@H](C)C1. The predicted molar refractivity (Wildman–Crippen MR) is 167 cm³/mol. The van der Waals surface area contributed by atoms with Crippen LogP contribution in [0.15, 0.2) is 12.7 Å². The Morgan fingerprint density at radius 1 is 1.02 bits per heavy atom. The molecule has 0 radical (unpaired) electrons. The van der Waals surface area contributed by atoms with Gasteiger partial charge < -0.3 is 25.8 Å². The summed E-state index contributed by atoms with van der Waals surface area (Å²) in [6.07, 6.45) is 1.81. The van der Waals surface area contributed by atoms with Gasteiger partial charge in [-0.05, 0) is 76.3 Å². The molecule has 0 aromatic heterocycles. The number of carbonyl (C=O) groups is 3. The maximum Gasteiger partial charge on any atom is 0.320 e. The second kappa shape index (κ2) is 13.4. The van der Waals surface area contributed by atoms with Crippen LogP contribution in [0.1, 0.15) is 65.7 Å². The van der Waals surface area contributed by atoms with Crippen molar-refractivity contribution in [1.82, 2.24) is 36.0 Å². The summed E-state index contributed by atoms with van der Waals surface area (Å²) in [7, 11) is 0. The molecule has 252 valence electrons. The van der Waals surface area contributed by atoms with Crippen LogP contribution < -0.4 is 21.3 Å². The van der Waals surface area contributed by atoms with Gasteiger partial charge in [0.2, 0.25) is 11.8 Å². The largest absolute Gasteiger partial charge is 0.356 e. The van der Waals surface area contributed by atoms with Gasteiger partial charge in [-0.25, -0.2) is 13.6 Å². The Morgan fingerprint density at radius 2 is 1.82 bits per heavy atom. The van der Waals surface area contributed by atoms with Gasteiger partial charge in [-0.1, -0.05) is 20.4 Å². The van der Waals surface area contributed by atoms with Gasteiger partial charge >= 0.3 is 6.03 Å². The number of nitrogens with one attached hydrogen (secondary N) is 4. The molecule has 5 saturated heterocycles. The molecule has 45 heavy (non-hydrogen) atoms. The van der Waals surface area contributed by atoms with Crippen molar-refractivity contribution < 1.29 is 23.2 Å². The third-order valence-corrected chi connectivity index (χ3v) is 11.9. The Kier molecular flexibility index (Phi) is 9.74. The Hall–Kier alpha value is -2.31. The van der Waals surface area contributed by atoms with Crippen LogP contribution in [0.3, 0.4) is 0 Å². The summed E-state index contributed by atoms with van der Waals surface area (Å²) in [4.78, 5) is 46.3. The minimum absolute atomic E-state index is 0.0403. The smallest absolute Gasteiger partial charge is 0.320 e. The van der Waals surface area contributed by atoms with Gasteiger partial charge in [0.1, 0.15) is 12.3 Å². The van der Waals surface area contributed by atoms with Crippen LogP contribution in [-0.2, 0) is 9.59 Å². The van der Waals surface area contributed by atoms with Crippen molar-refractivity contribution in [3.05, 3.63) is 12.7 Å². The molecule has 1 aliphatic carbocycles. The van der Waals surface area contributed by atoms with Gasteiger partial charge in [0.15, 0.2) is 0 Å². The summed E-state index contributed by atoms with van der Waals surface area (Å²) < 4.78 is 32.5. The quantitative estimate of drug-likeness (QED) is 0.356. The number of piperidine rings is 2. The van der Waals surface area contributed by atoms with Crippen LogP contribution >= 0.6 is 0 Å². The molecular formula is C33H53F2N7O3. The monoisotopic (exact) mass is 633 g/mol. The zero-order valence-electron chi connectivity index (χ0n) is 27.1. The Bertz CT molecular complexity index is 1130. The highest BCUT2D eigenvalue weighted by atomic mass is 19.1. The average Bonchev–Trinajstić information content (AvgIpc) is 3.02. The molecule has 4 N–H and O–H groups in total. The summed E-state index contributed by atoms with van der Waals surface area (Å²) in [6, 6.07) is -1.24. The van der Waals surface area contributed by atoms with E-state index in [1.807, 2.05) is 11.8 Å². The summed E-state index contributed by atoms with van der Waals surface area (Å²) in [5.41, 5.74) is 0. The number of nitrogens with zero attached hydrogens (tertiary/aromatic N) is 3. The summed E-state index contributed by atoms with van der Waals surface area (Å²) >= 11 is 0. The predicted octanol–water partition coefficient (Wildman–Crippen LogP) is 2.37. The molecule has 11 unspecified atom stereocenters. The van der Waals surface area contributed by atoms with Gasteiger partial charge in [0.25, 0.3) is 0 Å². The molecule has 1 saturated carbocycles. The minimum atomic E-state index is -1.38. The maximum atomic E-state index is 16.6. The van der Waals surface area contributed by atoms with Crippen molar-refractivity contribution in [1.29, 1.82) is 0 Å². The first-order valence-electron chi connectivity index (χ1n) is 17.4. The number of amides is 4. The minimum Gasteiger partial charge on any atom is -0.356 e. The fraction of sp³-hybridized carbons (Fsp3) is 0.848. The molecule has 6 rings (SSSR count). The van der Waals surface area contributed by atoms with E-state index < -0.39 is 42.6 Å². The van der Waals surface area contributed by atoms with E-state index in [0.29, 0.717) is 45.4 Å². The van der Waals surface area contributed by atoms with Gasteiger partial charge in [-0.2, -0.15) is 0 Å². The number of urea groups is 1. The zero-order chi connectivity index (χ0) is 32.0. The lowest BCUT2D eigenvalue weighted by atomic mass is 9.69. The van der Waals surface area contributed by atoms with E-state index in [4.69, 9.17) is 0 Å². The van der Waals surface area contributed by atoms with E-state index in [2.05, 4.69) is 46.6 Å². The summed E-state index contributed by atoms with van der Waals surface area (Å²) in [5, 5.41) is 13.7. The third kappa shape index (κ3) is 6.11. The van der Waals surface area contributed by atoms with Crippen LogP contribution in [0.2, 0.25) is 0 Å².